The summed E-state index contributed by atoms with van der Waals surface area (Å²) in [6, 6.07) is 7.74. The molecule has 4 heteroatoms. The molecule has 0 aliphatic rings. The first-order chi connectivity index (χ1) is 7.74. The second-order valence-corrected chi connectivity index (χ2v) is 3.54. The van der Waals surface area contributed by atoms with Gasteiger partial charge in [0.25, 0.3) is 0 Å². The lowest BCUT2D eigenvalue weighted by Crippen LogP contribution is -2.09. The van der Waals surface area contributed by atoms with Gasteiger partial charge in [-0.25, -0.2) is 0 Å². The largest absolute Gasteiger partial charge is 0.491 e. The standard InChI is InChI=1S/C12H19NO3/c1-10(13)11-2-4-12(5-3-11)16-9-8-15-7-6-14/h2-5,10,14H,6-9,13H2,1H3/t10-/m0/s1. The minimum absolute atomic E-state index is 0.0435. The Morgan fingerprint density at radius 3 is 2.44 bits per heavy atom. The molecule has 16 heavy (non-hydrogen) atoms. The third-order valence-corrected chi connectivity index (χ3v) is 2.14. The number of aliphatic hydroxyl groups is 1. The lowest BCUT2D eigenvalue weighted by Gasteiger charge is -2.09. The molecule has 0 radical (unpaired) electrons. The van der Waals surface area contributed by atoms with Gasteiger partial charge in [0.05, 0.1) is 19.8 Å². The van der Waals surface area contributed by atoms with E-state index >= 15 is 0 Å². The van der Waals surface area contributed by atoms with Gasteiger partial charge in [-0.2, -0.15) is 0 Å². The van der Waals surface area contributed by atoms with Crippen molar-refractivity contribution in [2.75, 3.05) is 26.4 Å². The molecule has 0 aromatic heterocycles. The van der Waals surface area contributed by atoms with Crippen LogP contribution in [-0.4, -0.2) is 31.5 Å². The molecule has 1 aromatic rings. The van der Waals surface area contributed by atoms with Crippen molar-refractivity contribution in [1.29, 1.82) is 0 Å². The fourth-order valence-corrected chi connectivity index (χ4v) is 1.25. The van der Waals surface area contributed by atoms with E-state index in [2.05, 4.69) is 0 Å². The van der Waals surface area contributed by atoms with E-state index in [1.807, 2.05) is 31.2 Å². The molecule has 4 nitrogen and oxygen atoms in total. The normalized spacial score (nSPS) is 12.4. The molecule has 1 atom stereocenters. The molecule has 0 spiro atoms. The number of aliphatic hydroxyl groups excluding tert-OH is 1. The van der Waals surface area contributed by atoms with Crippen LogP contribution in [0.15, 0.2) is 24.3 Å². The topological polar surface area (TPSA) is 64.7 Å². The van der Waals surface area contributed by atoms with Gasteiger partial charge in [-0.05, 0) is 24.6 Å². The zero-order valence-corrected chi connectivity index (χ0v) is 9.56. The Morgan fingerprint density at radius 1 is 1.19 bits per heavy atom. The number of hydrogen-bond donors (Lipinski definition) is 2. The van der Waals surface area contributed by atoms with E-state index in [0.717, 1.165) is 11.3 Å². The number of rotatable bonds is 7. The molecule has 0 fully saturated rings. The molecule has 1 rings (SSSR count). The molecule has 1 aromatic carbocycles. The number of ether oxygens (including phenoxy) is 2. The molecule has 0 saturated heterocycles. The average molecular weight is 225 g/mol. The first kappa shape index (κ1) is 13.0. The van der Waals surface area contributed by atoms with Crippen LogP contribution in [0.5, 0.6) is 5.75 Å². The Kier molecular flexibility index (Phi) is 5.85. The Balaban J connectivity index is 2.27. The van der Waals surface area contributed by atoms with Crippen LogP contribution in [0, 0.1) is 0 Å². The highest BCUT2D eigenvalue weighted by Gasteiger charge is 1.99. The summed E-state index contributed by atoms with van der Waals surface area (Å²) in [5.74, 6) is 0.803. The molecule has 3 N–H and O–H groups in total. The van der Waals surface area contributed by atoms with Crippen LogP contribution in [0.3, 0.4) is 0 Å². The van der Waals surface area contributed by atoms with Crippen molar-refractivity contribution in [3.05, 3.63) is 29.8 Å². The Morgan fingerprint density at radius 2 is 1.88 bits per heavy atom. The fourth-order valence-electron chi connectivity index (χ4n) is 1.25. The number of hydrogen-bond acceptors (Lipinski definition) is 4. The van der Waals surface area contributed by atoms with Crippen LogP contribution in [0.1, 0.15) is 18.5 Å². The molecular weight excluding hydrogens is 206 g/mol. The van der Waals surface area contributed by atoms with Crippen molar-refractivity contribution in [3.8, 4) is 5.75 Å². The minimum atomic E-state index is 0.0435. The van der Waals surface area contributed by atoms with Gasteiger partial charge in [0.1, 0.15) is 12.4 Å². The molecule has 0 amide bonds. The van der Waals surface area contributed by atoms with E-state index in [-0.39, 0.29) is 12.6 Å². The summed E-state index contributed by atoms with van der Waals surface area (Å²) >= 11 is 0. The Labute approximate surface area is 96.0 Å². The van der Waals surface area contributed by atoms with E-state index in [9.17, 15) is 0 Å². The van der Waals surface area contributed by atoms with E-state index in [0.29, 0.717) is 19.8 Å². The van der Waals surface area contributed by atoms with Gasteiger partial charge < -0.3 is 20.3 Å². The molecular formula is C12H19NO3. The maximum atomic E-state index is 8.49. The molecule has 0 bridgehead atoms. The first-order valence-corrected chi connectivity index (χ1v) is 5.41. The lowest BCUT2D eigenvalue weighted by atomic mass is 10.1. The summed E-state index contributed by atoms with van der Waals surface area (Å²) in [6.45, 7) is 3.31. The second-order valence-electron chi connectivity index (χ2n) is 3.54. The minimum Gasteiger partial charge on any atom is -0.491 e. The maximum Gasteiger partial charge on any atom is 0.119 e. The van der Waals surface area contributed by atoms with Crippen LogP contribution in [-0.2, 0) is 4.74 Å². The first-order valence-electron chi connectivity index (χ1n) is 5.41. The summed E-state index contributed by atoms with van der Waals surface area (Å²) < 4.78 is 10.5. The Hall–Kier alpha value is -1.10. The van der Waals surface area contributed by atoms with Crippen molar-refractivity contribution in [2.45, 2.75) is 13.0 Å². The van der Waals surface area contributed by atoms with E-state index in [1.54, 1.807) is 0 Å². The molecule has 0 aliphatic carbocycles. The van der Waals surface area contributed by atoms with Gasteiger partial charge in [-0.3, -0.25) is 0 Å². The Bertz CT molecular complexity index is 285. The number of benzene rings is 1. The highest BCUT2D eigenvalue weighted by atomic mass is 16.5. The monoisotopic (exact) mass is 225 g/mol. The summed E-state index contributed by atoms with van der Waals surface area (Å²) in [4.78, 5) is 0. The van der Waals surface area contributed by atoms with Crippen LogP contribution in [0.4, 0.5) is 0 Å². The average Bonchev–Trinajstić information content (AvgIpc) is 2.29. The highest BCUT2D eigenvalue weighted by Crippen LogP contribution is 2.15. The van der Waals surface area contributed by atoms with Gasteiger partial charge in [0, 0.05) is 6.04 Å². The summed E-state index contributed by atoms with van der Waals surface area (Å²) in [5.41, 5.74) is 6.82. The van der Waals surface area contributed by atoms with Crippen molar-refractivity contribution in [2.24, 2.45) is 5.73 Å². The summed E-state index contributed by atoms with van der Waals surface area (Å²) in [5, 5.41) is 8.49. The third-order valence-electron chi connectivity index (χ3n) is 2.14. The van der Waals surface area contributed by atoms with Crippen molar-refractivity contribution >= 4 is 0 Å². The van der Waals surface area contributed by atoms with Crippen molar-refractivity contribution < 1.29 is 14.6 Å². The van der Waals surface area contributed by atoms with E-state index < -0.39 is 0 Å². The zero-order valence-electron chi connectivity index (χ0n) is 9.56. The van der Waals surface area contributed by atoms with Gasteiger partial charge in [-0.15, -0.1) is 0 Å². The van der Waals surface area contributed by atoms with Crippen LogP contribution in [0.25, 0.3) is 0 Å². The highest BCUT2D eigenvalue weighted by molar-refractivity contribution is 5.28. The SMILES string of the molecule is C[C@H](N)c1ccc(OCCOCCO)cc1. The predicted octanol–water partition coefficient (Wildman–Crippen LogP) is 1.09. The van der Waals surface area contributed by atoms with Gasteiger partial charge in [0.15, 0.2) is 0 Å². The van der Waals surface area contributed by atoms with Crippen LogP contribution >= 0.6 is 0 Å². The molecule has 0 heterocycles. The summed E-state index contributed by atoms with van der Waals surface area (Å²) in [7, 11) is 0. The quantitative estimate of drug-likeness (QED) is 0.682. The van der Waals surface area contributed by atoms with E-state index in [4.69, 9.17) is 20.3 Å². The molecule has 0 saturated carbocycles. The molecule has 90 valence electrons. The van der Waals surface area contributed by atoms with Gasteiger partial charge in [-0.1, -0.05) is 12.1 Å². The fraction of sp³-hybridized carbons (Fsp3) is 0.500. The lowest BCUT2D eigenvalue weighted by molar-refractivity contribution is 0.0705. The van der Waals surface area contributed by atoms with Gasteiger partial charge in [0.2, 0.25) is 0 Å². The van der Waals surface area contributed by atoms with Crippen molar-refractivity contribution in [3.63, 3.8) is 0 Å². The smallest absolute Gasteiger partial charge is 0.119 e. The maximum absolute atomic E-state index is 8.49. The number of nitrogens with two attached hydrogens (primary N) is 1. The van der Waals surface area contributed by atoms with Crippen LogP contribution in [0.2, 0.25) is 0 Å². The van der Waals surface area contributed by atoms with Gasteiger partial charge >= 0.3 is 0 Å². The molecule has 0 unspecified atom stereocenters. The zero-order chi connectivity index (χ0) is 11.8. The van der Waals surface area contributed by atoms with E-state index in [1.165, 1.54) is 0 Å². The summed E-state index contributed by atoms with van der Waals surface area (Å²) in [6.07, 6.45) is 0. The van der Waals surface area contributed by atoms with Crippen molar-refractivity contribution in [1.82, 2.24) is 0 Å². The third kappa shape index (κ3) is 4.61. The second kappa shape index (κ2) is 7.22. The predicted molar refractivity (Wildman–Crippen MR) is 62.4 cm³/mol. The molecule has 0 aliphatic heterocycles. The van der Waals surface area contributed by atoms with Crippen LogP contribution < -0.4 is 10.5 Å².